The summed E-state index contributed by atoms with van der Waals surface area (Å²) in [5.41, 5.74) is 2.11. The predicted octanol–water partition coefficient (Wildman–Crippen LogP) is 1.97. The van der Waals surface area contributed by atoms with Gasteiger partial charge >= 0.3 is 0 Å². The van der Waals surface area contributed by atoms with Crippen LogP contribution in [0.4, 0.5) is 0 Å². The Bertz CT molecular complexity index is 133. The average Bonchev–Trinajstić information content (AvgIpc) is 1.81. The van der Waals surface area contributed by atoms with Crippen molar-refractivity contribution in [3.8, 4) is 0 Å². The van der Waals surface area contributed by atoms with E-state index in [0.29, 0.717) is 0 Å². The minimum atomic E-state index is -1.12. The first-order valence-corrected chi connectivity index (χ1v) is 7.03. The van der Waals surface area contributed by atoms with Crippen molar-refractivity contribution in [1.82, 2.24) is 0 Å². The van der Waals surface area contributed by atoms with Gasteiger partial charge in [-0.2, -0.15) is 0 Å². The van der Waals surface area contributed by atoms with Gasteiger partial charge in [-0.25, -0.2) is 0 Å². The van der Waals surface area contributed by atoms with Crippen LogP contribution in [-0.4, -0.2) is 19.3 Å². The molecule has 0 heterocycles. The molecule has 1 atom stereocenters. The SMILES string of the molecule is C=CC(O)/C=C/[Si](C)(C)C. The minimum absolute atomic E-state index is 0.466. The number of hydrogen-bond donors (Lipinski definition) is 1. The Morgan fingerprint density at radius 1 is 1.40 bits per heavy atom. The summed E-state index contributed by atoms with van der Waals surface area (Å²) in [5, 5.41) is 9.04. The van der Waals surface area contributed by atoms with E-state index in [1.165, 1.54) is 6.08 Å². The lowest BCUT2D eigenvalue weighted by Gasteiger charge is -2.08. The lowest BCUT2D eigenvalue weighted by molar-refractivity contribution is 0.272. The largest absolute Gasteiger partial charge is 0.385 e. The van der Waals surface area contributed by atoms with Crippen LogP contribution < -0.4 is 0 Å². The van der Waals surface area contributed by atoms with Crippen molar-refractivity contribution in [1.29, 1.82) is 0 Å². The summed E-state index contributed by atoms with van der Waals surface area (Å²) in [7, 11) is -1.12. The van der Waals surface area contributed by atoms with Gasteiger partial charge in [0, 0.05) is 0 Å². The van der Waals surface area contributed by atoms with Crippen LogP contribution in [0.5, 0.6) is 0 Å². The van der Waals surface area contributed by atoms with Crippen LogP contribution in [0.2, 0.25) is 19.6 Å². The molecule has 58 valence electrons. The maximum atomic E-state index is 9.04. The van der Waals surface area contributed by atoms with Crippen molar-refractivity contribution in [3.63, 3.8) is 0 Å². The van der Waals surface area contributed by atoms with E-state index in [2.05, 4.69) is 31.9 Å². The van der Waals surface area contributed by atoms with Crippen LogP contribution in [0, 0.1) is 0 Å². The van der Waals surface area contributed by atoms with Gasteiger partial charge in [-0.15, -0.1) is 6.58 Å². The summed E-state index contributed by atoms with van der Waals surface area (Å²) in [4.78, 5) is 0. The van der Waals surface area contributed by atoms with Crippen molar-refractivity contribution in [2.75, 3.05) is 0 Å². The average molecular weight is 156 g/mol. The molecule has 0 aromatic carbocycles. The zero-order valence-electron chi connectivity index (χ0n) is 6.96. The molecule has 0 amide bonds. The van der Waals surface area contributed by atoms with Gasteiger partial charge < -0.3 is 5.11 Å². The number of aliphatic hydroxyl groups excluding tert-OH is 1. The molecule has 0 rings (SSSR count). The molecular weight excluding hydrogens is 140 g/mol. The lowest BCUT2D eigenvalue weighted by Crippen LogP contribution is -2.16. The highest BCUT2D eigenvalue weighted by Gasteiger charge is 2.06. The van der Waals surface area contributed by atoms with Gasteiger partial charge in [0.15, 0.2) is 0 Å². The first-order valence-electron chi connectivity index (χ1n) is 3.46. The van der Waals surface area contributed by atoms with Crippen LogP contribution in [0.1, 0.15) is 0 Å². The maximum Gasteiger partial charge on any atom is 0.0896 e. The van der Waals surface area contributed by atoms with Gasteiger partial charge in [-0.3, -0.25) is 0 Å². The highest BCUT2D eigenvalue weighted by molar-refractivity contribution is 6.80. The summed E-state index contributed by atoms with van der Waals surface area (Å²) in [6.45, 7) is 10.1. The second-order valence-corrected chi connectivity index (χ2v) is 8.52. The fourth-order valence-electron chi connectivity index (χ4n) is 0.466. The second-order valence-electron chi connectivity index (χ2n) is 3.45. The Hall–Kier alpha value is -0.343. The van der Waals surface area contributed by atoms with Gasteiger partial charge in [0.25, 0.3) is 0 Å². The van der Waals surface area contributed by atoms with Gasteiger partial charge in [0.05, 0.1) is 14.2 Å². The first-order chi connectivity index (χ1) is 4.45. The molecule has 10 heavy (non-hydrogen) atoms. The maximum absolute atomic E-state index is 9.04. The zero-order chi connectivity index (χ0) is 8.20. The van der Waals surface area contributed by atoms with E-state index in [1.807, 2.05) is 0 Å². The predicted molar refractivity (Wildman–Crippen MR) is 48.7 cm³/mol. The van der Waals surface area contributed by atoms with Crippen LogP contribution >= 0.6 is 0 Å². The molecule has 0 radical (unpaired) electrons. The van der Waals surface area contributed by atoms with E-state index < -0.39 is 14.2 Å². The summed E-state index contributed by atoms with van der Waals surface area (Å²) < 4.78 is 0. The smallest absolute Gasteiger partial charge is 0.0896 e. The third kappa shape index (κ3) is 5.79. The van der Waals surface area contributed by atoms with E-state index in [4.69, 9.17) is 5.11 Å². The Morgan fingerprint density at radius 3 is 2.20 bits per heavy atom. The van der Waals surface area contributed by atoms with E-state index in [9.17, 15) is 0 Å². The van der Waals surface area contributed by atoms with Crippen molar-refractivity contribution in [3.05, 3.63) is 24.4 Å². The lowest BCUT2D eigenvalue weighted by atomic mass is 10.4. The van der Waals surface area contributed by atoms with E-state index >= 15 is 0 Å². The van der Waals surface area contributed by atoms with Crippen LogP contribution in [0.25, 0.3) is 0 Å². The molecule has 0 aliphatic carbocycles. The molecular formula is C8H16OSi. The summed E-state index contributed by atoms with van der Waals surface area (Å²) >= 11 is 0. The van der Waals surface area contributed by atoms with Crippen molar-refractivity contribution in [2.24, 2.45) is 0 Å². The molecule has 1 N–H and O–H groups in total. The molecule has 1 unspecified atom stereocenters. The van der Waals surface area contributed by atoms with Crippen molar-refractivity contribution >= 4 is 8.07 Å². The molecule has 0 aliphatic rings. The molecule has 0 aromatic heterocycles. The van der Waals surface area contributed by atoms with Crippen LogP contribution in [0.15, 0.2) is 24.4 Å². The summed E-state index contributed by atoms with van der Waals surface area (Å²) in [5.74, 6) is 0. The normalized spacial score (nSPS) is 15.6. The Labute approximate surface area is 64.1 Å². The first kappa shape index (κ1) is 9.66. The molecule has 0 aliphatic heterocycles. The Morgan fingerprint density at radius 2 is 1.90 bits per heavy atom. The number of aliphatic hydroxyl groups is 1. The van der Waals surface area contributed by atoms with Gasteiger partial charge in [-0.05, 0) is 0 Å². The summed E-state index contributed by atoms with van der Waals surface area (Å²) in [6, 6.07) is 0. The van der Waals surface area contributed by atoms with Crippen LogP contribution in [-0.2, 0) is 0 Å². The van der Waals surface area contributed by atoms with Crippen molar-refractivity contribution < 1.29 is 5.11 Å². The highest BCUT2D eigenvalue weighted by atomic mass is 28.3. The van der Waals surface area contributed by atoms with Gasteiger partial charge in [0.1, 0.15) is 0 Å². The third-order valence-electron chi connectivity index (χ3n) is 1.03. The molecule has 0 aromatic rings. The number of hydrogen-bond acceptors (Lipinski definition) is 1. The molecule has 0 saturated carbocycles. The molecule has 0 fully saturated rings. The fraction of sp³-hybridized carbons (Fsp3) is 0.500. The highest BCUT2D eigenvalue weighted by Crippen LogP contribution is 2.02. The molecule has 1 nitrogen and oxygen atoms in total. The quantitative estimate of drug-likeness (QED) is 0.489. The molecule has 0 saturated heterocycles. The Balaban J connectivity index is 3.87. The molecule has 0 spiro atoms. The minimum Gasteiger partial charge on any atom is -0.385 e. The zero-order valence-corrected chi connectivity index (χ0v) is 7.96. The molecule has 0 bridgehead atoms. The second kappa shape index (κ2) is 3.74. The van der Waals surface area contributed by atoms with Crippen LogP contribution in [0.3, 0.4) is 0 Å². The topological polar surface area (TPSA) is 20.2 Å². The standard InChI is InChI=1S/C8H16OSi/c1-5-8(9)6-7-10(2,3)4/h5-9H,1H2,2-4H3/b7-6+. The molecule has 2 heteroatoms. The Kier molecular flexibility index (Phi) is 3.61. The van der Waals surface area contributed by atoms with Gasteiger partial charge in [0.2, 0.25) is 0 Å². The van der Waals surface area contributed by atoms with Crippen molar-refractivity contribution in [2.45, 2.75) is 25.7 Å². The van der Waals surface area contributed by atoms with E-state index in [-0.39, 0.29) is 0 Å². The summed E-state index contributed by atoms with van der Waals surface area (Å²) in [6.07, 6.45) is 2.86. The van der Waals surface area contributed by atoms with E-state index in [1.54, 1.807) is 6.08 Å². The fourth-order valence-corrected chi connectivity index (χ4v) is 1.24. The van der Waals surface area contributed by atoms with Gasteiger partial charge in [-0.1, -0.05) is 37.5 Å². The van der Waals surface area contributed by atoms with E-state index in [0.717, 1.165) is 0 Å². The number of rotatable bonds is 3. The third-order valence-corrected chi connectivity index (χ3v) is 2.23. The monoisotopic (exact) mass is 156 g/mol.